The fourth-order valence-electron chi connectivity index (χ4n) is 9.90. The highest BCUT2D eigenvalue weighted by atomic mass is 79.9. The summed E-state index contributed by atoms with van der Waals surface area (Å²) in [6.45, 7) is 0. The van der Waals surface area contributed by atoms with E-state index in [0.717, 1.165) is 16.1 Å². The zero-order chi connectivity index (χ0) is 42.7. The Labute approximate surface area is 364 Å². The molecular weight excluding hydrogens is 865 g/mol. The third-order valence-electron chi connectivity index (χ3n) is 12.6. The molecule has 2 N–H and O–H groups in total. The lowest BCUT2D eigenvalue weighted by molar-refractivity contribution is -0.138. The van der Waals surface area contributed by atoms with Crippen LogP contribution in [-0.2, 0) is 24.6 Å². The number of fused-ring (bicyclic) bond motifs is 4. The van der Waals surface area contributed by atoms with E-state index in [0.29, 0.717) is 49.1 Å². The van der Waals surface area contributed by atoms with E-state index in [2.05, 4.69) is 21.4 Å². The van der Waals surface area contributed by atoms with Crippen LogP contribution in [0, 0.1) is 29.5 Å². The fraction of sp³-hybridized carbons (Fsp3) is 0.208. The van der Waals surface area contributed by atoms with Gasteiger partial charge in [0.05, 0.1) is 48.8 Å². The maximum atomic E-state index is 15.3. The van der Waals surface area contributed by atoms with Gasteiger partial charge < -0.3 is 14.6 Å². The van der Waals surface area contributed by atoms with Crippen molar-refractivity contribution in [1.29, 1.82) is 0 Å². The van der Waals surface area contributed by atoms with Crippen LogP contribution in [0.4, 0.5) is 15.8 Å². The second-order valence-electron chi connectivity index (χ2n) is 15.6. The molecule has 0 unspecified atom stereocenters. The van der Waals surface area contributed by atoms with Crippen molar-refractivity contribution in [2.45, 2.75) is 24.2 Å². The number of benzene rings is 5. The average molecular weight is 903 g/mol. The first-order valence-corrected chi connectivity index (χ1v) is 20.8. The molecule has 9 rings (SSSR count). The highest BCUT2D eigenvalue weighted by molar-refractivity contribution is 9.10. The molecule has 0 radical (unpaired) electrons. The zero-order valence-corrected chi connectivity index (χ0v) is 35.2. The summed E-state index contributed by atoms with van der Waals surface area (Å²) in [5.41, 5.74) is 5.20. The number of rotatable bonds is 9. The van der Waals surface area contributed by atoms with Crippen molar-refractivity contribution in [3.05, 3.63) is 158 Å². The number of aromatic hydroxyl groups is 1. The van der Waals surface area contributed by atoms with Gasteiger partial charge in [0.1, 0.15) is 23.1 Å². The van der Waals surface area contributed by atoms with Crippen molar-refractivity contribution in [3.63, 3.8) is 0 Å². The number of hydrazine groups is 1. The third kappa shape index (κ3) is 6.60. The van der Waals surface area contributed by atoms with Crippen LogP contribution in [0.15, 0.2) is 125 Å². The van der Waals surface area contributed by atoms with Crippen molar-refractivity contribution in [2.24, 2.45) is 23.7 Å². The minimum absolute atomic E-state index is 0.0530. The van der Waals surface area contributed by atoms with Gasteiger partial charge in [-0.2, -0.15) is 5.01 Å². The number of imide groups is 2. The summed E-state index contributed by atoms with van der Waals surface area (Å²) in [6.07, 6.45) is 5.96. The first kappa shape index (κ1) is 40.2. The Balaban J connectivity index is 1.12. The van der Waals surface area contributed by atoms with Gasteiger partial charge in [-0.25, -0.2) is 4.39 Å². The predicted molar refractivity (Wildman–Crippen MR) is 232 cm³/mol. The second kappa shape index (κ2) is 15.7. The second-order valence-corrected chi connectivity index (χ2v) is 17.0. The van der Waals surface area contributed by atoms with Crippen LogP contribution < -0.4 is 19.8 Å². The molecule has 0 aromatic heterocycles. The Hall–Kier alpha value is -6.24. The average Bonchev–Trinajstić information content (AvgIpc) is 3.65. The van der Waals surface area contributed by atoms with Gasteiger partial charge in [-0.1, -0.05) is 75.6 Å². The molecule has 5 aromatic carbocycles. The molecule has 4 aliphatic rings. The van der Waals surface area contributed by atoms with Gasteiger partial charge in [0.15, 0.2) is 0 Å². The number of hydrogen-bond donors (Lipinski definition) is 2. The standard InChI is InChI=1S/C48H38BrClFN3O7/c1-60-34-18-22-41(61-2)27(23-34)6-3-26-4-16-33(17-5-26)53-44(56)36-20-19-35-37(42(36)46(53)58)25-39-45(57)54(52-32-14-12-31(51)13-15-32)47(59)48(39,28-7-10-30(50)11-8-28)43(35)38-24-29(49)9-21-40(38)55/h3-19,21-24,36-37,39,42-43,52,55H,20,25H2,1-2H3/t36-,37+,39-,42-,43+,48+/m0/s1. The summed E-state index contributed by atoms with van der Waals surface area (Å²) in [5, 5.41) is 13.0. The van der Waals surface area contributed by atoms with Crippen LogP contribution in [0.25, 0.3) is 12.2 Å². The van der Waals surface area contributed by atoms with E-state index in [4.69, 9.17) is 21.1 Å². The van der Waals surface area contributed by atoms with Crippen molar-refractivity contribution >= 4 is 74.7 Å². The SMILES string of the molecule is COc1ccc(OC)c(C=Cc2ccc(N3C(=O)[C@H]4[C@H](CC=C5[C@H]4C[C@H]4C(=O)N(Nc6ccc(F)cc6)C(=O)[C@@]4(c4ccc(Cl)cc4)[C@H]5c4cc(Br)ccc4O)C3=O)cc2)c1. The quantitative estimate of drug-likeness (QED) is 0.0853. The summed E-state index contributed by atoms with van der Waals surface area (Å²) < 4.78 is 25.5. The molecule has 5 aromatic rings. The zero-order valence-electron chi connectivity index (χ0n) is 32.9. The van der Waals surface area contributed by atoms with Crippen LogP contribution in [0.3, 0.4) is 0 Å². The maximum Gasteiger partial charge on any atom is 0.260 e. The molecule has 2 saturated heterocycles. The molecule has 0 bridgehead atoms. The molecule has 2 aliphatic carbocycles. The summed E-state index contributed by atoms with van der Waals surface area (Å²) in [5.74, 6) is -5.40. The van der Waals surface area contributed by atoms with Gasteiger partial charge in [0.2, 0.25) is 11.8 Å². The molecule has 308 valence electrons. The largest absolute Gasteiger partial charge is 0.508 e. The normalized spacial score (nSPS) is 24.4. The molecule has 10 nitrogen and oxygen atoms in total. The number of nitrogens with one attached hydrogen (secondary N) is 1. The summed E-state index contributed by atoms with van der Waals surface area (Å²) >= 11 is 9.95. The highest BCUT2D eigenvalue weighted by Crippen LogP contribution is 2.65. The molecule has 61 heavy (non-hydrogen) atoms. The summed E-state index contributed by atoms with van der Waals surface area (Å²) in [4.78, 5) is 60.7. The van der Waals surface area contributed by atoms with E-state index in [9.17, 15) is 23.9 Å². The van der Waals surface area contributed by atoms with E-state index >= 15 is 4.79 Å². The number of hydrogen-bond acceptors (Lipinski definition) is 8. The first-order chi connectivity index (χ1) is 29.4. The minimum atomic E-state index is -1.63. The Morgan fingerprint density at radius 2 is 1.57 bits per heavy atom. The van der Waals surface area contributed by atoms with E-state index in [1.54, 1.807) is 62.8 Å². The number of nitrogens with zero attached hydrogens (tertiary/aromatic N) is 2. The van der Waals surface area contributed by atoms with E-state index in [1.807, 2.05) is 48.6 Å². The Kier molecular flexibility index (Phi) is 10.3. The lowest BCUT2D eigenvalue weighted by Crippen LogP contribution is -2.53. The molecule has 4 amide bonds. The molecule has 0 spiro atoms. The number of methoxy groups -OCH3 is 2. The molecule has 2 heterocycles. The number of halogens is 3. The number of phenolic OH excluding ortho intramolecular Hbond substituents is 1. The molecule has 1 saturated carbocycles. The van der Waals surface area contributed by atoms with Crippen LogP contribution >= 0.6 is 27.5 Å². The van der Waals surface area contributed by atoms with Crippen molar-refractivity contribution in [2.75, 3.05) is 24.5 Å². The molecule has 6 atom stereocenters. The number of ether oxygens (including phenoxy) is 2. The lowest BCUT2D eigenvalue weighted by Gasteiger charge is -2.50. The Morgan fingerprint density at radius 3 is 2.28 bits per heavy atom. The van der Waals surface area contributed by atoms with Gasteiger partial charge in [-0.3, -0.25) is 29.5 Å². The van der Waals surface area contributed by atoms with E-state index in [1.165, 1.54) is 35.2 Å². The first-order valence-electron chi connectivity index (χ1n) is 19.7. The van der Waals surface area contributed by atoms with Crippen molar-refractivity contribution < 1.29 is 38.1 Å². The summed E-state index contributed by atoms with van der Waals surface area (Å²) in [6, 6.07) is 29.6. The molecule has 13 heteroatoms. The van der Waals surface area contributed by atoms with Crippen LogP contribution in [0.5, 0.6) is 17.2 Å². The predicted octanol–water partition coefficient (Wildman–Crippen LogP) is 9.32. The van der Waals surface area contributed by atoms with E-state index in [-0.39, 0.29) is 24.5 Å². The van der Waals surface area contributed by atoms with Gasteiger partial charge in [0.25, 0.3) is 11.8 Å². The maximum absolute atomic E-state index is 15.3. The monoisotopic (exact) mass is 901 g/mol. The topological polar surface area (TPSA) is 125 Å². The van der Waals surface area contributed by atoms with Crippen LogP contribution in [-0.4, -0.2) is 48.0 Å². The lowest BCUT2D eigenvalue weighted by atomic mass is 9.49. The van der Waals surface area contributed by atoms with Gasteiger partial charge in [-0.15, -0.1) is 0 Å². The van der Waals surface area contributed by atoms with Crippen LogP contribution in [0.1, 0.15) is 41.0 Å². The Morgan fingerprint density at radius 1 is 0.836 bits per heavy atom. The number of carbonyl (C=O) groups excluding carboxylic acids is 4. The number of anilines is 2. The molecule has 2 aliphatic heterocycles. The molecule has 3 fully saturated rings. The smallest absolute Gasteiger partial charge is 0.260 e. The molecular formula is C48H38BrClFN3O7. The van der Waals surface area contributed by atoms with Gasteiger partial charge >= 0.3 is 0 Å². The highest BCUT2D eigenvalue weighted by Gasteiger charge is 2.70. The van der Waals surface area contributed by atoms with Crippen molar-refractivity contribution in [1.82, 2.24) is 5.01 Å². The van der Waals surface area contributed by atoms with Crippen molar-refractivity contribution in [3.8, 4) is 17.2 Å². The number of amides is 4. The van der Waals surface area contributed by atoms with Gasteiger partial charge in [0, 0.05) is 26.5 Å². The minimum Gasteiger partial charge on any atom is -0.508 e. The fourth-order valence-corrected chi connectivity index (χ4v) is 10.4. The van der Waals surface area contributed by atoms with E-state index < -0.39 is 58.5 Å². The summed E-state index contributed by atoms with van der Waals surface area (Å²) in [7, 11) is 3.18. The Bertz CT molecular complexity index is 2670. The number of carbonyl (C=O) groups is 4. The van der Waals surface area contributed by atoms with Gasteiger partial charge in [-0.05, 0) is 115 Å². The third-order valence-corrected chi connectivity index (χ3v) is 13.3. The van der Waals surface area contributed by atoms with Crippen LogP contribution in [0.2, 0.25) is 5.02 Å². The number of phenols is 1. The number of allylic oxidation sites excluding steroid dienone is 2.